The van der Waals surface area contributed by atoms with E-state index in [-0.39, 0.29) is 11.7 Å². The lowest BCUT2D eigenvalue weighted by Gasteiger charge is -2.09. The van der Waals surface area contributed by atoms with Crippen molar-refractivity contribution in [2.45, 2.75) is 18.6 Å². The molecule has 0 saturated heterocycles. The number of carbonyl (C=O) groups excluding carboxylic acids is 2. The lowest BCUT2D eigenvalue weighted by Crippen LogP contribution is -2.16. The largest absolute Gasteiger partial charge is 0.469 e. The number of rotatable bonds is 9. The van der Waals surface area contributed by atoms with Crippen molar-refractivity contribution in [2.24, 2.45) is 0 Å². The smallest absolute Gasteiger partial charge is 0.341 e. The summed E-state index contributed by atoms with van der Waals surface area (Å²) in [4.78, 5) is 25.4. The summed E-state index contributed by atoms with van der Waals surface area (Å²) in [6.07, 6.45) is 3.33. The van der Waals surface area contributed by atoms with Gasteiger partial charge in [0, 0.05) is 22.5 Å². The lowest BCUT2D eigenvalue weighted by atomic mass is 10.0. The van der Waals surface area contributed by atoms with Gasteiger partial charge in [0.25, 0.3) is 0 Å². The number of anilines is 1. The first-order chi connectivity index (χ1) is 16.9. The van der Waals surface area contributed by atoms with Crippen LogP contribution in [0.3, 0.4) is 0 Å². The Hall–Kier alpha value is -3.34. The van der Waals surface area contributed by atoms with Gasteiger partial charge in [-0.25, -0.2) is 4.79 Å². The number of halogens is 1. The molecule has 3 heterocycles. The van der Waals surface area contributed by atoms with Crippen LogP contribution in [0, 0.1) is 6.92 Å². The van der Waals surface area contributed by atoms with E-state index >= 15 is 0 Å². The minimum Gasteiger partial charge on any atom is -0.469 e. The number of amides is 1. The summed E-state index contributed by atoms with van der Waals surface area (Å²) in [5.41, 5.74) is 2.57. The van der Waals surface area contributed by atoms with Crippen molar-refractivity contribution in [3.8, 4) is 22.5 Å². The third kappa shape index (κ3) is 5.34. The van der Waals surface area contributed by atoms with Crippen LogP contribution in [0.25, 0.3) is 22.5 Å². The van der Waals surface area contributed by atoms with E-state index in [0.717, 1.165) is 16.9 Å². The van der Waals surface area contributed by atoms with Crippen LogP contribution >= 0.6 is 34.7 Å². The second-order valence-electron chi connectivity index (χ2n) is 7.28. The third-order valence-corrected chi connectivity index (χ3v) is 7.16. The zero-order valence-corrected chi connectivity index (χ0v) is 21.3. The third-order valence-electron chi connectivity index (χ3n) is 5.05. The molecule has 0 fully saturated rings. The van der Waals surface area contributed by atoms with Crippen molar-refractivity contribution in [3.05, 3.63) is 71.0 Å². The molecular formula is C24H21ClN4O4S2. The van der Waals surface area contributed by atoms with Crippen LogP contribution in [0.4, 0.5) is 5.00 Å². The van der Waals surface area contributed by atoms with Crippen molar-refractivity contribution in [2.75, 3.05) is 18.2 Å². The Labute approximate surface area is 215 Å². The fourth-order valence-corrected chi connectivity index (χ4v) is 5.24. The van der Waals surface area contributed by atoms with Crippen molar-refractivity contribution >= 4 is 51.6 Å². The molecule has 4 rings (SSSR count). The number of carbonyl (C=O) groups is 2. The summed E-state index contributed by atoms with van der Waals surface area (Å²) in [5.74, 6) is 0.595. The molecule has 8 nitrogen and oxygen atoms in total. The number of thiophene rings is 1. The molecule has 0 atom stereocenters. The standard InChI is InChI=1S/C24H21ClN4O4S2/c1-4-10-29-21(17-9-11-33-14(17)2)27-28-24(29)35-13-19(30)26-22-20(23(31)32-3)18(12-34-22)15-5-7-16(25)8-6-15/h4-9,11-12H,1,10,13H2,2-3H3,(H,26,30). The SMILES string of the molecule is C=CCn1c(SCC(=O)Nc2scc(-c3ccc(Cl)cc3)c2C(=O)OC)nnc1-c1ccoc1C. The number of methoxy groups -OCH3 is 1. The van der Waals surface area contributed by atoms with Crippen molar-refractivity contribution in [1.29, 1.82) is 0 Å². The summed E-state index contributed by atoms with van der Waals surface area (Å²) in [6, 6.07) is 8.92. The molecule has 11 heteroatoms. The molecular weight excluding hydrogens is 508 g/mol. The maximum absolute atomic E-state index is 12.8. The van der Waals surface area contributed by atoms with Crippen LogP contribution in [0.1, 0.15) is 16.1 Å². The van der Waals surface area contributed by atoms with Gasteiger partial charge < -0.3 is 14.5 Å². The number of benzene rings is 1. The zero-order valence-electron chi connectivity index (χ0n) is 18.9. The van der Waals surface area contributed by atoms with Gasteiger partial charge in [-0.15, -0.1) is 28.1 Å². The lowest BCUT2D eigenvalue weighted by molar-refractivity contribution is -0.113. The minimum absolute atomic E-state index is 0.0639. The number of allylic oxidation sites excluding steroid dienone is 1. The summed E-state index contributed by atoms with van der Waals surface area (Å²) in [7, 11) is 1.30. The van der Waals surface area contributed by atoms with Gasteiger partial charge in [-0.3, -0.25) is 9.36 Å². The number of esters is 1. The van der Waals surface area contributed by atoms with E-state index in [1.54, 1.807) is 29.9 Å². The van der Waals surface area contributed by atoms with Gasteiger partial charge in [0.2, 0.25) is 5.91 Å². The molecule has 0 bridgehead atoms. The van der Waals surface area contributed by atoms with Crippen LogP contribution in [0.15, 0.2) is 64.2 Å². The number of nitrogens with one attached hydrogen (secondary N) is 1. The summed E-state index contributed by atoms with van der Waals surface area (Å²) >= 11 is 8.48. The van der Waals surface area contributed by atoms with Gasteiger partial charge in [0.15, 0.2) is 11.0 Å². The molecule has 0 aliphatic heterocycles. The minimum atomic E-state index is -0.537. The van der Waals surface area contributed by atoms with E-state index in [9.17, 15) is 9.59 Å². The second kappa shape index (κ2) is 10.9. The predicted molar refractivity (Wildman–Crippen MR) is 138 cm³/mol. The molecule has 1 aromatic carbocycles. The fourth-order valence-electron chi connectivity index (χ4n) is 3.39. The van der Waals surface area contributed by atoms with E-state index in [0.29, 0.717) is 38.7 Å². The first-order valence-electron chi connectivity index (χ1n) is 10.4. The number of aryl methyl sites for hydroxylation is 1. The molecule has 35 heavy (non-hydrogen) atoms. The van der Waals surface area contributed by atoms with E-state index in [4.69, 9.17) is 20.8 Å². The summed E-state index contributed by atoms with van der Waals surface area (Å²) in [5, 5.41) is 14.7. The monoisotopic (exact) mass is 528 g/mol. The zero-order chi connectivity index (χ0) is 24.9. The van der Waals surface area contributed by atoms with Gasteiger partial charge in [-0.2, -0.15) is 0 Å². The fraction of sp³-hybridized carbons (Fsp3) is 0.167. The van der Waals surface area contributed by atoms with Crippen LogP contribution in [-0.2, 0) is 16.1 Å². The first kappa shape index (κ1) is 24.8. The highest BCUT2D eigenvalue weighted by atomic mass is 35.5. The summed E-state index contributed by atoms with van der Waals surface area (Å²) < 4.78 is 12.2. The van der Waals surface area contributed by atoms with Crippen molar-refractivity contribution < 1.29 is 18.7 Å². The molecule has 0 radical (unpaired) electrons. The predicted octanol–water partition coefficient (Wildman–Crippen LogP) is 5.93. The molecule has 4 aromatic rings. The quantitative estimate of drug-likeness (QED) is 0.163. The highest BCUT2D eigenvalue weighted by Crippen LogP contribution is 2.37. The Morgan fingerprint density at radius 2 is 2.03 bits per heavy atom. The topological polar surface area (TPSA) is 99.2 Å². The van der Waals surface area contributed by atoms with E-state index in [2.05, 4.69) is 22.1 Å². The van der Waals surface area contributed by atoms with Gasteiger partial charge in [-0.1, -0.05) is 41.6 Å². The van der Waals surface area contributed by atoms with Crippen LogP contribution in [-0.4, -0.2) is 39.5 Å². The Balaban J connectivity index is 1.52. The second-order valence-corrected chi connectivity index (χ2v) is 9.54. The number of nitrogens with zero attached hydrogens (tertiary/aromatic N) is 3. The van der Waals surface area contributed by atoms with Gasteiger partial charge in [0.1, 0.15) is 16.3 Å². The highest BCUT2D eigenvalue weighted by molar-refractivity contribution is 7.99. The molecule has 0 aliphatic rings. The molecule has 180 valence electrons. The number of ether oxygens (including phenoxy) is 1. The molecule has 1 N–H and O–H groups in total. The Morgan fingerprint density at radius 1 is 1.26 bits per heavy atom. The Morgan fingerprint density at radius 3 is 2.69 bits per heavy atom. The number of hydrogen-bond donors (Lipinski definition) is 1. The van der Waals surface area contributed by atoms with E-state index in [1.165, 1.54) is 30.2 Å². The average molecular weight is 529 g/mol. The molecule has 3 aromatic heterocycles. The average Bonchev–Trinajstić information content (AvgIpc) is 3.56. The molecule has 0 unspecified atom stereocenters. The highest BCUT2D eigenvalue weighted by Gasteiger charge is 2.23. The number of aromatic nitrogens is 3. The van der Waals surface area contributed by atoms with Crippen molar-refractivity contribution in [3.63, 3.8) is 0 Å². The van der Waals surface area contributed by atoms with E-state index in [1.807, 2.05) is 29.7 Å². The van der Waals surface area contributed by atoms with Gasteiger partial charge >= 0.3 is 5.97 Å². The maximum Gasteiger partial charge on any atom is 0.341 e. The normalized spacial score (nSPS) is 10.8. The number of hydrogen-bond acceptors (Lipinski definition) is 8. The van der Waals surface area contributed by atoms with Crippen molar-refractivity contribution in [1.82, 2.24) is 14.8 Å². The first-order valence-corrected chi connectivity index (χ1v) is 12.6. The molecule has 0 spiro atoms. The number of furan rings is 1. The molecule has 0 saturated carbocycles. The molecule has 1 amide bonds. The number of thioether (sulfide) groups is 1. The Kier molecular flexibility index (Phi) is 7.74. The summed E-state index contributed by atoms with van der Waals surface area (Å²) in [6.45, 7) is 6.12. The van der Waals surface area contributed by atoms with E-state index < -0.39 is 5.97 Å². The van der Waals surface area contributed by atoms with Gasteiger partial charge in [0.05, 0.1) is 24.7 Å². The maximum atomic E-state index is 12.8. The van der Waals surface area contributed by atoms with Gasteiger partial charge in [-0.05, 0) is 30.7 Å². The van der Waals surface area contributed by atoms with Crippen LogP contribution in [0.2, 0.25) is 5.02 Å². The van der Waals surface area contributed by atoms with Crippen LogP contribution < -0.4 is 5.32 Å². The molecule has 0 aliphatic carbocycles. The Bertz CT molecular complexity index is 1370. The van der Waals surface area contributed by atoms with Crippen LogP contribution in [0.5, 0.6) is 0 Å².